The number of aryl methyl sites for hydroxylation is 2. The van der Waals surface area contributed by atoms with E-state index in [4.69, 9.17) is 0 Å². The summed E-state index contributed by atoms with van der Waals surface area (Å²) in [5, 5.41) is 4.27. The molecule has 2 amide bonds. The zero-order valence-electron chi connectivity index (χ0n) is 14.5. The van der Waals surface area contributed by atoms with Gasteiger partial charge in [-0.3, -0.25) is 14.3 Å². The summed E-state index contributed by atoms with van der Waals surface area (Å²) >= 11 is 0. The highest BCUT2D eigenvalue weighted by atomic mass is 16.2. The minimum Gasteiger partial charge on any atom is -0.335 e. The molecule has 3 heterocycles. The molecular formula is C16H25N5O2. The van der Waals surface area contributed by atoms with Crippen molar-refractivity contribution >= 4 is 11.8 Å². The summed E-state index contributed by atoms with van der Waals surface area (Å²) in [7, 11) is 5.89. The van der Waals surface area contributed by atoms with Gasteiger partial charge < -0.3 is 14.7 Å². The number of hydrogen-bond donors (Lipinski definition) is 0. The molecule has 2 aliphatic rings. The Morgan fingerprint density at radius 3 is 2.61 bits per heavy atom. The summed E-state index contributed by atoms with van der Waals surface area (Å²) in [5.41, 5.74) is 1.35. The van der Waals surface area contributed by atoms with Crippen LogP contribution in [0.5, 0.6) is 0 Å². The highest BCUT2D eigenvalue weighted by Gasteiger charge is 2.46. The minimum absolute atomic E-state index is 0.0478. The maximum Gasteiger partial charge on any atom is 0.275 e. The van der Waals surface area contributed by atoms with Crippen LogP contribution in [0.2, 0.25) is 0 Å². The second-order valence-electron chi connectivity index (χ2n) is 6.93. The first-order valence-electron chi connectivity index (χ1n) is 8.08. The van der Waals surface area contributed by atoms with E-state index >= 15 is 0 Å². The molecule has 0 aliphatic carbocycles. The zero-order chi connectivity index (χ0) is 16.9. The van der Waals surface area contributed by atoms with Crippen molar-refractivity contribution in [3.05, 3.63) is 17.5 Å². The lowest BCUT2D eigenvalue weighted by molar-refractivity contribution is -0.141. The Balaban J connectivity index is 1.81. The fraction of sp³-hybridized carbons (Fsp3) is 0.688. The molecule has 0 N–H and O–H groups in total. The lowest BCUT2D eigenvalue weighted by Gasteiger charge is -2.41. The van der Waals surface area contributed by atoms with Crippen molar-refractivity contribution in [3.63, 3.8) is 0 Å². The third kappa shape index (κ3) is 2.63. The first kappa shape index (κ1) is 16.0. The highest BCUT2D eigenvalue weighted by Crippen LogP contribution is 2.28. The Kier molecular flexibility index (Phi) is 3.91. The van der Waals surface area contributed by atoms with Crippen molar-refractivity contribution in [1.29, 1.82) is 0 Å². The molecule has 3 atom stereocenters. The Labute approximate surface area is 136 Å². The molecule has 23 heavy (non-hydrogen) atoms. The number of nitrogens with zero attached hydrogens (tertiary/aromatic N) is 5. The fourth-order valence-corrected chi connectivity index (χ4v) is 3.54. The van der Waals surface area contributed by atoms with Crippen molar-refractivity contribution in [2.75, 3.05) is 27.2 Å². The van der Waals surface area contributed by atoms with Gasteiger partial charge in [-0.25, -0.2) is 0 Å². The van der Waals surface area contributed by atoms with Gasteiger partial charge in [0.1, 0.15) is 6.04 Å². The van der Waals surface area contributed by atoms with Gasteiger partial charge in [-0.15, -0.1) is 0 Å². The molecular weight excluding hydrogens is 294 g/mol. The van der Waals surface area contributed by atoms with E-state index in [0.717, 1.165) is 18.7 Å². The Bertz CT molecular complexity index is 619. The van der Waals surface area contributed by atoms with Gasteiger partial charge >= 0.3 is 0 Å². The molecule has 1 aromatic rings. The van der Waals surface area contributed by atoms with E-state index in [2.05, 4.69) is 10.00 Å². The van der Waals surface area contributed by atoms with Crippen LogP contribution in [0.1, 0.15) is 29.5 Å². The van der Waals surface area contributed by atoms with Gasteiger partial charge in [-0.05, 0) is 40.4 Å². The van der Waals surface area contributed by atoms with Crippen LogP contribution in [-0.4, -0.2) is 81.6 Å². The van der Waals surface area contributed by atoms with Gasteiger partial charge in [0.15, 0.2) is 5.69 Å². The molecule has 7 heteroatoms. The van der Waals surface area contributed by atoms with Gasteiger partial charge in [0, 0.05) is 31.9 Å². The summed E-state index contributed by atoms with van der Waals surface area (Å²) in [6.07, 6.45) is 0.913. The van der Waals surface area contributed by atoms with Crippen molar-refractivity contribution in [1.82, 2.24) is 24.5 Å². The van der Waals surface area contributed by atoms with Crippen LogP contribution in [0.3, 0.4) is 0 Å². The molecule has 0 radical (unpaired) electrons. The van der Waals surface area contributed by atoms with Crippen LogP contribution in [0.4, 0.5) is 0 Å². The second kappa shape index (κ2) is 5.63. The topological polar surface area (TPSA) is 61.7 Å². The SMILES string of the molecule is Cc1cc(C(=O)N2C[C@@H]3C[C@H](N(C)C)CN3C(=O)[C@@H]2C)nn1C. The van der Waals surface area contributed by atoms with Gasteiger partial charge in [-0.1, -0.05) is 0 Å². The second-order valence-corrected chi connectivity index (χ2v) is 6.93. The lowest BCUT2D eigenvalue weighted by Crippen LogP contribution is -2.60. The largest absolute Gasteiger partial charge is 0.335 e. The zero-order valence-corrected chi connectivity index (χ0v) is 14.5. The van der Waals surface area contributed by atoms with Gasteiger partial charge in [0.25, 0.3) is 5.91 Å². The molecule has 126 valence electrons. The maximum absolute atomic E-state index is 12.8. The molecule has 0 unspecified atom stereocenters. The normalized spacial score (nSPS) is 27.7. The van der Waals surface area contributed by atoms with Crippen molar-refractivity contribution in [2.24, 2.45) is 7.05 Å². The smallest absolute Gasteiger partial charge is 0.275 e. The van der Waals surface area contributed by atoms with Crippen LogP contribution in [0.25, 0.3) is 0 Å². The van der Waals surface area contributed by atoms with E-state index < -0.39 is 6.04 Å². The monoisotopic (exact) mass is 319 g/mol. The predicted molar refractivity (Wildman–Crippen MR) is 86.0 cm³/mol. The molecule has 0 spiro atoms. The fourth-order valence-electron chi connectivity index (χ4n) is 3.54. The first-order chi connectivity index (χ1) is 10.8. The van der Waals surface area contributed by atoms with E-state index in [1.54, 1.807) is 15.6 Å². The Morgan fingerprint density at radius 1 is 1.35 bits per heavy atom. The molecule has 0 aromatic carbocycles. The van der Waals surface area contributed by atoms with Crippen LogP contribution < -0.4 is 0 Å². The van der Waals surface area contributed by atoms with E-state index in [0.29, 0.717) is 18.3 Å². The van der Waals surface area contributed by atoms with E-state index in [1.807, 2.05) is 39.9 Å². The molecule has 1 aromatic heterocycles. The molecule has 3 rings (SSSR count). The number of amides is 2. The van der Waals surface area contributed by atoms with Crippen molar-refractivity contribution in [3.8, 4) is 0 Å². The van der Waals surface area contributed by atoms with Crippen molar-refractivity contribution < 1.29 is 9.59 Å². The third-order valence-electron chi connectivity index (χ3n) is 5.23. The summed E-state index contributed by atoms with van der Waals surface area (Å²) < 4.78 is 1.69. The molecule has 2 saturated heterocycles. The quantitative estimate of drug-likeness (QED) is 0.776. The van der Waals surface area contributed by atoms with Crippen LogP contribution in [-0.2, 0) is 11.8 Å². The summed E-state index contributed by atoms with van der Waals surface area (Å²) in [5.74, 6) is -0.103. The van der Waals surface area contributed by atoms with E-state index in [9.17, 15) is 9.59 Å². The average Bonchev–Trinajstić information content (AvgIpc) is 3.07. The number of likely N-dealkylation sites (N-methyl/N-ethyl adjacent to an activating group) is 1. The van der Waals surface area contributed by atoms with Gasteiger partial charge in [0.2, 0.25) is 5.91 Å². The van der Waals surface area contributed by atoms with E-state index in [1.165, 1.54) is 0 Å². The summed E-state index contributed by atoms with van der Waals surface area (Å²) in [6, 6.07) is 1.83. The predicted octanol–water partition coefficient (Wildman–Crippen LogP) is 0.104. The lowest BCUT2D eigenvalue weighted by atomic mass is 10.1. The number of carbonyl (C=O) groups is 2. The summed E-state index contributed by atoms with van der Waals surface area (Å²) in [6.45, 7) is 5.07. The third-order valence-corrected chi connectivity index (χ3v) is 5.23. The Morgan fingerprint density at radius 2 is 2.04 bits per heavy atom. The number of piperazine rings is 1. The highest BCUT2D eigenvalue weighted by molar-refractivity contribution is 5.97. The average molecular weight is 319 g/mol. The van der Waals surface area contributed by atoms with Crippen molar-refractivity contribution in [2.45, 2.75) is 38.4 Å². The standard InChI is InChI=1S/C16H25N5O2/c1-10-6-14(17-19(10)5)16(23)20-9-13-7-12(18(3)4)8-21(13)15(22)11(20)2/h6,11-13H,7-9H2,1-5H3/t11-,12-,13-/m0/s1. The van der Waals surface area contributed by atoms with Crippen LogP contribution in [0, 0.1) is 6.92 Å². The number of aromatic nitrogens is 2. The summed E-state index contributed by atoms with van der Waals surface area (Å²) in [4.78, 5) is 31.3. The number of fused-ring (bicyclic) bond motifs is 1. The molecule has 0 saturated carbocycles. The number of rotatable bonds is 2. The Hall–Kier alpha value is -1.89. The molecule has 2 fully saturated rings. The number of hydrogen-bond acceptors (Lipinski definition) is 4. The van der Waals surface area contributed by atoms with Gasteiger partial charge in [0.05, 0.1) is 6.04 Å². The first-order valence-corrected chi connectivity index (χ1v) is 8.08. The molecule has 2 aliphatic heterocycles. The van der Waals surface area contributed by atoms with E-state index in [-0.39, 0.29) is 17.9 Å². The maximum atomic E-state index is 12.8. The minimum atomic E-state index is -0.429. The number of carbonyl (C=O) groups excluding carboxylic acids is 2. The molecule has 7 nitrogen and oxygen atoms in total. The van der Waals surface area contributed by atoms with Gasteiger partial charge in [-0.2, -0.15) is 5.10 Å². The van der Waals surface area contributed by atoms with Crippen LogP contribution in [0.15, 0.2) is 6.07 Å². The molecule has 0 bridgehead atoms. The van der Waals surface area contributed by atoms with Crippen LogP contribution >= 0.6 is 0 Å².